The number of hydrogen-bond donors (Lipinski definition) is 0. The zero-order valence-electron chi connectivity index (χ0n) is 14.7. The number of hydrogen-bond acceptors (Lipinski definition) is 4. The van der Waals surface area contributed by atoms with Gasteiger partial charge in [0.2, 0.25) is 0 Å². The highest BCUT2D eigenvalue weighted by molar-refractivity contribution is 7.12. The standard InChI is InChI=1S/C19H20FN3O2S/c1-3-23-15(8-9-21-23)11-22(2)19(24)18-10-14(13-26-18)12-25-17-7-5-4-6-16(17)20/h4-10,13H,3,11-12H2,1-2H3. The number of thiophene rings is 1. The zero-order valence-corrected chi connectivity index (χ0v) is 15.5. The van der Waals surface area contributed by atoms with Gasteiger partial charge in [-0.1, -0.05) is 12.1 Å². The van der Waals surface area contributed by atoms with Gasteiger partial charge in [0.1, 0.15) is 6.61 Å². The molecular weight excluding hydrogens is 353 g/mol. The van der Waals surface area contributed by atoms with Crippen molar-refractivity contribution in [3.05, 3.63) is 69.9 Å². The van der Waals surface area contributed by atoms with E-state index in [0.717, 1.165) is 17.8 Å². The van der Waals surface area contributed by atoms with Gasteiger partial charge < -0.3 is 9.64 Å². The van der Waals surface area contributed by atoms with E-state index in [0.29, 0.717) is 11.4 Å². The molecule has 0 fully saturated rings. The molecule has 3 rings (SSSR count). The van der Waals surface area contributed by atoms with Gasteiger partial charge >= 0.3 is 0 Å². The third-order valence-corrected chi connectivity index (χ3v) is 4.91. The lowest BCUT2D eigenvalue weighted by Gasteiger charge is -2.16. The number of carbonyl (C=O) groups excluding carboxylic acids is 1. The molecule has 7 heteroatoms. The lowest BCUT2D eigenvalue weighted by molar-refractivity contribution is 0.0786. The van der Waals surface area contributed by atoms with Crippen LogP contribution >= 0.6 is 11.3 Å². The Morgan fingerprint density at radius 2 is 2.15 bits per heavy atom. The summed E-state index contributed by atoms with van der Waals surface area (Å²) >= 11 is 1.36. The van der Waals surface area contributed by atoms with Crippen molar-refractivity contribution in [1.29, 1.82) is 0 Å². The Labute approximate surface area is 155 Å². The molecule has 1 amide bonds. The molecule has 0 bridgehead atoms. The van der Waals surface area contributed by atoms with E-state index in [-0.39, 0.29) is 18.3 Å². The highest BCUT2D eigenvalue weighted by atomic mass is 32.1. The van der Waals surface area contributed by atoms with Gasteiger partial charge in [-0.3, -0.25) is 9.48 Å². The van der Waals surface area contributed by atoms with E-state index in [1.165, 1.54) is 17.4 Å². The molecule has 2 heterocycles. The monoisotopic (exact) mass is 373 g/mol. The Morgan fingerprint density at radius 1 is 1.35 bits per heavy atom. The van der Waals surface area contributed by atoms with Gasteiger partial charge in [0.15, 0.2) is 11.6 Å². The van der Waals surface area contributed by atoms with Gasteiger partial charge in [-0.15, -0.1) is 11.3 Å². The SMILES string of the molecule is CCn1nccc1CN(C)C(=O)c1cc(COc2ccccc2F)cs1. The molecule has 0 atom stereocenters. The van der Waals surface area contributed by atoms with Crippen LogP contribution in [-0.2, 0) is 19.7 Å². The topological polar surface area (TPSA) is 47.4 Å². The minimum Gasteiger partial charge on any atom is -0.486 e. The summed E-state index contributed by atoms with van der Waals surface area (Å²) in [5.41, 5.74) is 1.83. The molecular formula is C19H20FN3O2S. The van der Waals surface area contributed by atoms with Gasteiger partial charge in [-0.25, -0.2) is 4.39 Å². The molecule has 3 aromatic rings. The minimum absolute atomic E-state index is 0.0593. The Balaban J connectivity index is 1.61. The predicted octanol–water partition coefficient (Wildman–Crippen LogP) is 3.95. The van der Waals surface area contributed by atoms with Crippen molar-refractivity contribution in [1.82, 2.24) is 14.7 Å². The second-order valence-corrected chi connectivity index (χ2v) is 6.75. The summed E-state index contributed by atoms with van der Waals surface area (Å²) in [6.07, 6.45) is 1.74. The normalized spacial score (nSPS) is 10.7. The van der Waals surface area contributed by atoms with Crippen LogP contribution in [0.4, 0.5) is 4.39 Å². The van der Waals surface area contributed by atoms with Crippen LogP contribution in [-0.4, -0.2) is 27.6 Å². The summed E-state index contributed by atoms with van der Waals surface area (Å²) in [5.74, 6) is -0.251. The number of benzene rings is 1. The van der Waals surface area contributed by atoms with Gasteiger partial charge in [-0.2, -0.15) is 5.10 Å². The Kier molecular flexibility index (Phi) is 5.68. The summed E-state index contributed by atoms with van der Waals surface area (Å²) in [4.78, 5) is 14.9. The number of carbonyl (C=O) groups is 1. The molecule has 0 unspecified atom stereocenters. The summed E-state index contributed by atoms with van der Waals surface area (Å²) in [5, 5.41) is 6.08. The molecule has 0 saturated carbocycles. The van der Waals surface area contributed by atoms with E-state index >= 15 is 0 Å². The summed E-state index contributed by atoms with van der Waals surface area (Å²) < 4.78 is 20.9. The van der Waals surface area contributed by atoms with Crippen molar-refractivity contribution in [3.8, 4) is 5.75 Å². The first kappa shape index (κ1) is 18.1. The van der Waals surface area contributed by atoms with E-state index in [4.69, 9.17) is 4.74 Å². The summed E-state index contributed by atoms with van der Waals surface area (Å²) in [6.45, 7) is 3.49. The van der Waals surface area contributed by atoms with Gasteiger partial charge in [0.05, 0.1) is 17.1 Å². The number of para-hydroxylation sites is 1. The van der Waals surface area contributed by atoms with E-state index < -0.39 is 5.82 Å². The van der Waals surface area contributed by atoms with E-state index in [9.17, 15) is 9.18 Å². The van der Waals surface area contributed by atoms with Crippen LogP contribution in [0, 0.1) is 5.82 Å². The van der Waals surface area contributed by atoms with E-state index in [1.807, 2.05) is 23.1 Å². The average molecular weight is 373 g/mol. The molecule has 1 aromatic carbocycles. The van der Waals surface area contributed by atoms with Crippen molar-refractivity contribution in [2.75, 3.05) is 7.05 Å². The molecule has 5 nitrogen and oxygen atoms in total. The second kappa shape index (κ2) is 8.14. The number of aryl methyl sites for hydroxylation is 1. The lowest BCUT2D eigenvalue weighted by Crippen LogP contribution is -2.26. The van der Waals surface area contributed by atoms with Crippen molar-refractivity contribution in [2.45, 2.75) is 26.6 Å². The van der Waals surface area contributed by atoms with Crippen molar-refractivity contribution in [3.63, 3.8) is 0 Å². The van der Waals surface area contributed by atoms with Crippen LogP contribution in [0.15, 0.2) is 48.0 Å². The maximum absolute atomic E-state index is 13.6. The molecule has 0 spiro atoms. The molecule has 26 heavy (non-hydrogen) atoms. The smallest absolute Gasteiger partial charge is 0.264 e. The van der Waals surface area contributed by atoms with E-state index in [1.54, 1.807) is 42.4 Å². The van der Waals surface area contributed by atoms with Crippen LogP contribution in [0.2, 0.25) is 0 Å². The number of halogens is 1. The van der Waals surface area contributed by atoms with Crippen molar-refractivity contribution < 1.29 is 13.9 Å². The molecule has 0 aliphatic carbocycles. The van der Waals surface area contributed by atoms with E-state index in [2.05, 4.69) is 5.10 Å². The Bertz CT molecular complexity index is 890. The van der Waals surface area contributed by atoms with Gasteiger partial charge in [-0.05, 0) is 36.6 Å². The maximum Gasteiger partial charge on any atom is 0.264 e. The van der Waals surface area contributed by atoms with Gasteiger partial charge in [0, 0.05) is 25.4 Å². The number of ether oxygens (including phenoxy) is 1. The fraction of sp³-hybridized carbons (Fsp3) is 0.263. The molecule has 136 valence electrons. The third kappa shape index (κ3) is 4.11. The van der Waals surface area contributed by atoms with Crippen molar-refractivity contribution in [2.24, 2.45) is 0 Å². The molecule has 0 N–H and O–H groups in total. The van der Waals surface area contributed by atoms with Gasteiger partial charge in [0.25, 0.3) is 5.91 Å². The second-order valence-electron chi connectivity index (χ2n) is 5.84. The fourth-order valence-electron chi connectivity index (χ4n) is 2.57. The summed E-state index contributed by atoms with van der Waals surface area (Å²) in [6, 6.07) is 9.98. The zero-order chi connectivity index (χ0) is 18.5. The number of amides is 1. The van der Waals surface area contributed by atoms with Crippen molar-refractivity contribution >= 4 is 17.2 Å². The first-order valence-electron chi connectivity index (χ1n) is 8.29. The maximum atomic E-state index is 13.6. The average Bonchev–Trinajstić information content (AvgIpc) is 3.29. The third-order valence-electron chi connectivity index (χ3n) is 3.95. The van der Waals surface area contributed by atoms with Crippen LogP contribution in [0.5, 0.6) is 5.75 Å². The largest absolute Gasteiger partial charge is 0.486 e. The first-order valence-corrected chi connectivity index (χ1v) is 9.17. The number of nitrogens with zero attached hydrogens (tertiary/aromatic N) is 3. The lowest BCUT2D eigenvalue weighted by atomic mass is 10.3. The molecule has 0 aliphatic heterocycles. The Hall–Kier alpha value is -2.67. The molecule has 0 aliphatic rings. The highest BCUT2D eigenvalue weighted by Crippen LogP contribution is 2.21. The number of rotatable bonds is 7. The molecule has 0 radical (unpaired) electrons. The minimum atomic E-state index is -0.397. The summed E-state index contributed by atoms with van der Waals surface area (Å²) in [7, 11) is 1.77. The Morgan fingerprint density at radius 3 is 2.92 bits per heavy atom. The van der Waals surface area contributed by atoms with Crippen LogP contribution in [0.3, 0.4) is 0 Å². The first-order chi connectivity index (χ1) is 12.6. The van der Waals surface area contributed by atoms with Crippen LogP contribution in [0.1, 0.15) is 27.9 Å². The van der Waals surface area contributed by atoms with Crippen LogP contribution in [0.25, 0.3) is 0 Å². The fourth-order valence-corrected chi connectivity index (χ4v) is 3.46. The number of aromatic nitrogens is 2. The quantitative estimate of drug-likeness (QED) is 0.630. The van der Waals surface area contributed by atoms with Crippen LogP contribution < -0.4 is 4.74 Å². The molecule has 0 saturated heterocycles. The highest BCUT2D eigenvalue weighted by Gasteiger charge is 2.16. The predicted molar refractivity (Wildman–Crippen MR) is 98.7 cm³/mol. The molecule has 2 aromatic heterocycles.